The molecule has 7 heteroatoms. The minimum Gasteiger partial charge on any atom is -0.368 e. The Bertz CT molecular complexity index is 986. The fourth-order valence-electron chi connectivity index (χ4n) is 4.34. The van der Waals surface area contributed by atoms with E-state index in [-0.39, 0.29) is 16.8 Å². The number of benzene rings is 2. The van der Waals surface area contributed by atoms with Crippen molar-refractivity contribution < 1.29 is 13.2 Å². The lowest BCUT2D eigenvalue weighted by Crippen LogP contribution is -2.48. The first-order valence-corrected chi connectivity index (χ1v) is 12.1. The molecule has 0 aromatic heterocycles. The van der Waals surface area contributed by atoms with E-state index in [1.165, 1.54) is 0 Å². The lowest BCUT2D eigenvalue weighted by molar-refractivity contribution is 0.0746. The van der Waals surface area contributed by atoms with Crippen LogP contribution in [0.4, 0.5) is 5.69 Å². The molecule has 0 aliphatic carbocycles. The quantitative estimate of drug-likeness (QED) is 0.752. The van der Waals surface area contributed by atoms with Gasteiger partial charge in [0, 0.05) is 50.0 Å². The molecule has 4 rings (SSSR count). The summed E-state index contributed by atoms with van der Waals surface area (Å²) in [5.74, 6) is -0.105. The summed E-state index contributed by atoms with van der Waals surface area (Å²) in [7, 11) is -3.59. The summed E-state index contributed by atoms with van der Waals surface area (Å²) < 4.78 is 27.9. The first-order valence-electron chi connectivity index (χ1n) is 10.7. The smallest absolute Gasteiger partial charge is 0.254 e. The van der Waals surface area contributed by atoms with E-state index in [0.717, 1.165) is 38.0 Å². The van der Waals surface area contributed by atoms with Crippen LogP contribution in [-0.4, -0.2) is 62.3 Å². The van der Waals surface area contributed by atoms with Gasteiger partial charge in [-0.2, -0.15) is 4.31 Å². The lowest BCUT2D eigenvalue weighted by Gasteiger charge is -2.36. The molecule has 6 nitrogen and oxygen atoms in total. The van der Waals surface area contributed by atoms with E-state index >= 15 is 0 Å². The van der Waals surface area contributed by atoms with Gasteiger partial charge in [-0.1, -0.05) is 30.7 Å². The first-order chi connectivity index (χ1) is 14.5. The molecule has 2 saturated heterocycles. The van der Waals surface area contributed by atoms with Gasteiger partial charge in [0.15, 0.2) is 0 Å². The van der Waals surface area contributed by atoms with Crippen molar-refractivity contribution in [3.8, 4) is 0 Å². The van der Waals surface area contributed by atoms with E-state index in [4.69, 9.17) is 0 Å². The zero-order valence-electron chi connectivity index (χ0n) is 17.4. The van der Waals surface area contributed by atoms with Gasteiger partial charge >= 0.3 is 0 Å². The minimum absolute atomic E-state index is 0.00540. The van der Waals surface area contributed by atoms with Crippen LogP contribution in [0.3, 0.4) is 0 Å². The van der Waals surface area contributed by atoms with Gasteiger partial charge < -0.3 is 9.80 Å². The highest BCUT2D eigenvalue weighted by Crippen LogP contribution is 2.26. The number of sulfonamides is 1. The molecule has 0 bridgehead atoms. The summed E-state index contributed by atoms with van der Waals surface area (Å²) in [6, 6.07) is 16.7. The fraction of sp³-hybridized carbons (Fsp3) is 0.435. The summed E-state index contributed by atoms with van der Waals surface area (Å²) in [5, 5.41) is 0. The molecule has 0 radical (unpaired) electrons. The molecule has 0 spiro atoms. The maximum atomic E-state index is 13.1. The molecule has 2 aromatic rings. The first kappa shape index (κ1) is 20.9. The van der Waals surface area contributed by atoms with Crippen LogP contribution < -0.4 is 4.90 Å². The summed E-state index contributed by atoms with van der Waals surface area (Å²) >= 11 is 0. The Labute approximate surface area is 179 Å². The van der Waals surface area contributed by atoms with Gasteiger partial charge in [0.2, 0.25) is 10.0 Å². The van der Waals surface area contributed by atoms with E-state index in [9.17, 15) is 13.2 Å². The van der Waals surface area contributed by atoms with Crippen molar-refractivity contribution in [3.05, 3.63) is 60.2 Å². The van der Waals surface area contributed by atoms with Crippen LogP contribution in [0.5, 0.6) is 0 Å². The Balaban J connectivity index is 1.47. The second-order valence-electron chi connectivity index (χ2n) is 8.10. The van der Waals surface area contributed by atoms with Crippen LogP contribution in [-0.2, 0) is 10.0 Å². The number of carbonyl (C=O) groups excluding carboxylic acids is 1. The average molecular weight is 428 g/mol. The second-order valence-corrected chi connectivity index (χ2v) is 9.99. The van der Waals surface area contributed by atoms with Crippen LogP contribution in [0.25, 0.3) is 0 Å². The molecule has 1 atom stereocenters. The summed E-state index contributed by atoms with van der Waals surface area (Å²) in [4.78, 5) is 17.4. The average Bonchev–Trinajstić information content (AvgIpc) is 2.79. The predicted octanol–water partition coefficient (Wildman–Crippen LogP) is 3.21. The Morgan fingerprint density at radius 1 is 0.900 bits per heavy atom. The maximum Gasteiger partial charge on any atom is 0.254 e. The van der Waals surface area contributed by atoms with Crippen molar-refractivity contribution in [2.45, 2.75) is 37.1 Å². The molecule has 1 unspecified atom stereocenters. The second kappa shape index (κ2) is 8.78. The van der Waals surface area contributed by atoms with E-state index in [1.807, 2.05) is 30.0 Å². The molecule has 0 N–H and O–H groups in total. The number of carbonyl (C=O) groups is 1. The van der Waals surface area contributed by atoms with E-state index in [1.54, 1.807) is 28.6 Å². The molecular weight excluding hydrogens is 398 g/mol. The molecule has 1 amide bonds. The molecule has 0 saturated carbocycles. The standard InChI is InChI=1S/C23H29N3O3S/c1-19-8-5-6-13-26(19)30(28,29)22-12-7-9-20(18-22)23(27)25-16-14-24(15-17-25)21-10-3-2-4-11-21/h2-4,7,9-12,18-19H,5-6,8,13-17H2,1H3. The predicted molar refractivity (Wildman–Crippen MR) is 118 cm³/mol. The van der Waals surface area contributed by atoms with Gasteiger partial charge in [-0.3, -0.25) is 4.79 Å². The van der Waals surface area contributed by atoms with Crippen LogP contribution in [0, 0.1) is 0 Å². The molecule has 2 heterocycles. The Morgan fingerprint density at radius 2 is 1.63 bits per heavy atom. The van der Waals surface area contributed by atoms with Crippen LogP contribution >= 0.6 is 0 Å². The van der Waals surface area contributed by atoms with E-state index < -0.39 is 10.0 Å². The number of anilines is 1. The number of rotatable bonds is 4. The van der Waals surface area contributed by atoms with Crippen LogP contribution in [0.15, 0.2) is 59.5 Å². The number of hydrogen-bond donors (Lipinski definition) is 0. The van der Waals surface area contributed by atoms with Gasteiger partial charge in [-0.15, -0.1) is 0 Å². The van der Waals surface area contributed by atoms with Gasteiger partial charge in [0.1, 0.15) is 0 Å². The third-order valence-electron chi connectivity index (χ3n) is 6.12. The molecule has 2 aliphatic heterocycles. The topological polar surface area (TPSA) is 60.9 Å². The highest BCUT2D eigenvalue weighted by Gasteiger charge is 2.31. The van der Waals surface area contributed by atoms with Crippen LogP contribution in [0.2, 0.25) is 0 Å². The number of nitrogens with zero attached hydrogens (tertiary/aromatic N) is 3. The maximum absolute atomic E-state index is 13.1. The summed E-state index contributed by atoms with van der Waals surface area (Å²) in [6.07, 6.45) is 2.82. The zero-order chi connectivity index (χ0) is 21.1. The number of para-hydroxylation sites is 1. The third-order valence-corrected chi connectivity index (χ3v) is 8.13. The third kappa shape index (κ3) is 4.23. The van der Waals surface area contributed by atoms with E-state index in [0.29, 0.717) is 25.2 Å². The highest BCUT2D eigenvalue weighted by molar-refractivity contribution is 7.89. The molecule has 2 aromatic carbocycles. The van der Waals surface area contributed by atoms with Crippen LogP contribution in [0.1, 0.15) is 36.5 Å². The van der Waals surface area contributed by atoms with Gasteiger partial charge in [0.05, 0.1) is 4.90 Å². The summed E-state index contributed by atoms with van der Waals surface area (Å²) in [6.45, 7) is 5.26. The monoisotopic (exact) mass is 427 g/mol. The number of piperidine rings is 1. The SMILES string of the molecule is CC1CCCCN1S(=O)(=O)c1cccc(C(=O)N2CCN(c3ccccc3)CC2)c1. The number of piperazine rings is 1. The largest absolute Gasteiger partial charge is 0.368 e. The van der Waals surface area contributed by atoms with Gasteiger partial charge in [0.25, 0.3) is 5.91 Å². The van der Waals surface area contributed by atoms with Crippen molar-refractivity contribution in [1.29, 1.82) is 0 Å². The highest BCUT2D eigenvalue weighted by atomic mass is 32.2. The van der Waals surface area contributed by atoms with Crippen molar-refractivity contribution >= 4 is 21.6 Å². The Kier molecular flexibility index (Phi) is 6.11. The number of hydrogen-bond acceptors (Lipinski definition) is 4. The van der Waals surface area contributed by atoms with Crippen molar-refractivity contribution in [2.75, 3.05) is 37.6 Å². The molecule has 160 valence electrons. The fourth-order valence-corrected chi connectivity index (χ4v) is 6.09. The van der Waals surface area contributed by atoms with E-state index in [2.05, 4.69) is 17.0 Å². The van der Waals surface area contributed by atoms with Crippen molar-refractivity contribution in [3.63, 3.8) is 0 Å². The molecule has 2 aliphatic rings. The zero-order valence-corrected chi connectivity index (χ0v) is 18.2. The Hall–Kier alpha value is -2.38. The lowest BCUT2D eigenvalue weighted by atomic mass is 10.1. The normalized spacial score (nSPS) is 20.9. The molecular formula is C23H29N3O3S. The molecule has 2 fully saturated rings. The van der Waals surface area contributed by atoms with Gasteiger partial charge in [-0.25, -0.2) is 8.42 Å². The minimum atomic E-state index is -3.59. The van der Waals surface area contributed by atoms with Crippen molar-refractivity contribution in [1.82, 2.24) is 9.21 Å². The molecule has 30 heavy (non-hydrogen) atoms. The van der Waals surface area contributed by atoms with Crippen molar-refractivity contribution in [2.24, 2.45) is 0 Å². The van der Waals surface area contributed by atoms with Gasteiger partial charge in [-0.05, 0) is 50.1 Å². The number of amides is 1. The summed E-state index contributed by atoms with van der Waals surface area (Å²) in [5.41, 5.74) is 1.60. The Morgan fingerprint density at radius 3 is 2.33 bits per heavy atom.